The molecule has 7 heteroatoms. The zero-order valence-corrected chi connectivity index (χ0v) is 11.4. The average Bonchev–Trinajstić information content (AvgIpc) is 2.38. The van der Waals surface area contributed by atoms with Crippen molar-refractivity contribution in [2.75, 3.05) is 18.8 Å². The van der Waals surface area contributed by atoms with E-state index in [1.807, 2.05) is 0 Å². The number of hydrogen-bond acceptors (Lipinski definition) is 5. The van der Waals surface area contributed by atoms with E-state index in [-0.39, 0.29) is 12.3 Å². The van der Waals surface area contributed by atoms with Gasteiger partial charge in [0.25, 0.3) is 0 Å². The summed E-state index contributed by atoms with van der Waals surface area (Å²) >= 11 is 0. The van der Waals surface area contributed by atoms with E-state index in [9.17, 15) is 8.42 Å². The van der Waals surface area contributed by atoms with Crippen molar-refractivity contribution in [2.24, 2.45) is 0 Å². The van der Waals surface area contributed by atoms with Gasteiger partial charge in [-0.25, -0.2) is 23.1 Å². The fraction of sp³-hybridized carbons (Fsp3) is 0.636. The molecule has 102 valence electrons. The van der Waals surface area contributed by atoms with Gasteiger partial charge in [0.2, 0.25) is 10.0 Å². The van der Waals surface area contributed by atoms with Gasteiger partial charge < -0.3 is 5.32 Å². The van der Waals surface area contributed by atoms with E-state index in [1.54, 1.807) is 12.3 Å². The largest absolute Gasteiger partial charge is 0.317 e. The Bertz CT molecular complexity index is 422. The first-order chi connectivity index (χ1) is 8.64. The van der Waals surface area contributed by atoms with Crippen molar-refractivity contribution in [3.8, 4) is 0 Å². The molecule has 1 aromatic rings. The number of sulfonamides is 1. The zero-order valence-electron chi connectivity index (χ0n) is 10.6. The first-order valence-electron chi connectivity index (χ1n) is 6.07. The van der Waals surface area contributed by atoms with Crippen molar-refractivity contribution in [1.29, 1.82) is 0 Å². The highest BCUT2D eigenvalue weighted by atomic mass is 32.2. The Kier molecular flexibility index (Phi) is 6.77. The molecule has 0 aliphatic carbocycles. The lowest BCUT2D eigenvalue weighted by Crippen LogP contribution is -2.28. The molecule has 0 bridgehead atoms. The molecule has 6 nitrogen and oxygen atoms in total. The predicted octanol–water partition coefficient (Wildman–Crippen LogP) is 0.286. The molecule has 0 aliphatic rings. The van der Waals surface area contributed by atoms with Crippen LogP contribution in [0.5, 0.6) is 0 Å². The lowest BCUT2D eigenvalue weighted by Gasteiger charge is -2.06. The van der Waals surface area contributed by atoms with E-state index in [0.717, 1.165) is 19.5 Å². The van der Waals surface area contributed by atoms with Crippen molar-refractivity contribution in [3.05, 3.63) is 24.3 Å². The number of nitrogens with one attached hydrogen (secondary N) is 2. The molecule has 1 rings (SSSR count). The number of hydrogen-bond donors (Lipinski definition) is 2. The van der Waals surface area contributed by atoms with Crippen LogP contribution in [0.4, 0.5) is 0 Å². The molecule has 1 aromatic heterocycles. The van der Waals surface area contributed by atoms with E-state index in [2.05, 4.69) is 26.9 Å². The Morgan fingerprint density at radius 2 is 2.17 bits per heavy atom. The SMILES string of the molecule is CCCNCCCS(=O)(=O)NCc1ccncn1. The summed E-state index contributed by atoms with van der Waals surface area (Å²) in [6.45, 7) is 3.94. The van der Waals surface area contributed by atoms with E-state index in [1.165, 1.54) is 6.33 Å². The average molecular weight is 272 g/mol. The molecular formula is C11H20N4O2S. The van der Waals surface area contributed by atoms with E-state index < -0.39 is 10.0 Å². The number of nitrogens with zero attached hydrogens (tertiary/aromatic N) is 2. The van der Waals surface area contributed by atoms with Crippen LogP contribution in [0, 0.1) is 0 Å². The number of rotatable bonds is 9. The molecule has 0 amide bonds. The minimum absolute atomic E-state index is 0.134. The van der Waals surface area contributed by atoms with E-state index in [0.29, 0.717) is 12.1 Å². The molecule has 0 atom stereocenters. The summed E-state index contributed by atoms with van der Waals surface area (Å²) in [5.41, 5.74) is 0.665. The number of aromatic nitrogens is 2. The van der Waals surface area contributed by atoms with Gasteiger partial charge in [0.1, 0.15) is 6.33 Å². The van der Waals surface area contributed by atoms with Crippen LogP contribution >= 0.6 is 0 Å². The third-order valence-corrected chi connectivity index (χ3v) is 3.72. The molecule has 2 N–H and O–H groups in total. The van der Waals surface area contributed by atoms with Crippen molar-refractivity contribution in [2.45, 2.75) is 26.3 Å². The molecule has 0 saturated heterocycles. The van der Waals surface area contributed by atoms with Crippen molar-refractivity contribution >= 4 is 10.0 Å². The van der Waals surface area contributed by atoms with Crippen LogP contribution in [0.2, 0.25) is 0 Å². The Balaban J connectivity index is 2.23. The van der Waals surface area contributed by atoms with Crippen LogP contribution in [0.3, 0.4) is 0 Å². The highest BCUT2D eigenvalue weighted by Crippen LogP contribution is 1.94. The summed E-state index contributed by atoms with van der Waals surface area (Å²) in [5, 5.41) is 3.17. The third-order valence-electron chi connectivity index (χ3n) is 2.31. The quantitative estimate of drug-likeness (QED) is 0.631. The smallest absolute Gasteiger partial charge is 0.211 e. The molecule has 0 spiro atoms. The minimum Gasteiger partial charge on any atom is -0.317 e. The van der Waals surface area contributed by atoms with Crippen LogP contribution in [0.1, 0.15) is 25.5 Å². The lowest BCUT2D eigenvalue weighted by molar-refractivity contribution is 0.573. The van der Waals surface area contributed by atoms with Crippen molar-refractivity contribution in [1.82, 2.24) is 20.0 Å². The highest BCUT2D eigenvalue weighted by Gasteiger charge is 2.09. The van der Waals surface area contributed by atoms with Crippen LogP contribution in [-0.4, -0.2) is 37.2 Å². The van der Waals surface area contributed by atoms with Gasteiger partial charge in [-0.05, 0) is 32.0 Å². The summed E-state index contributed by atoms with van der Waals surface area (Å²) in [5.74, 6) is 0.134. The van der Waals surface area contributed by atoms with Gasteiger partial charge in [-0.15, -0.1) is 0 Å². The second kappa shape index (κ2) is 8.12. The summed E-state index contributed by atoms with van der Waals surface area (Å²) in [6.07, 6.45) is 4.65. The molecule has 0 aromatic carbocycles. The van der Waals surface area contributed by atoms with Crippen molar-refractivity contribution in [3.63, 3.8) is 0 Å². The second-order valence-corrected chi connectivity index (χ2v) is 5.87. The molecule has 0 aliphatic heterocycles. The monoisotopic (exact) mass is 272 g/mol. The molecule has 0 saturated carbocycles. The predicted molar refractivity (Wildman–Crippen MR) is 70.4 cm³/mol. The maximum Gasteiger partial charge on any atom is 0.211 e. The van der Waals surface area contributed by atoms with Gasteiger partial charge in [-0.1, -0.05) is 6.92 Å². The Morgan fingerprint density at radius 3 is 2.83 bits per heavy atom. The maximum absolute atomic E-state index is 11.7. The van der Waals surface area contributed by atoms with E-state index >= 15 is 0 Å². The zero-order chi connectivity index (χ0) is 13.3. The van der Waals surface area contributed by atoms with Crippen LogP contribution in [0.25, 0.3) is 0 Å². The Morgan fingerprint density at radius 1 is 1.33 bits per heavy atom. The first kappa shape index (κ1) is 15.0. The van der Waals surface area contributed by atoms with Gasteiger partial charge in [0.05, 0.1) is 18.0 Å². The maximum atomic E-state index is 11.7. The third kappa shape index (κ3) is 6.63. The van der Waals surface area contributed by atoms with Gasteiger partial charge in [0, 0.05) is 6.20 Å². The molecule has 1 heterocycles. The normalized spacial score (nSPS) is 11.6. The van der Waals surface area contributed by atoms with Gasteiger partial charge in [-0.3, -0.25) is 0 Å². The first-order valence-corrected chi connectivity index (χ1v) is 7.72. The van der Waals surface area contributed by atoms with Gasteiger partial charge in [0.15, 0.2) is 0 Å². The fourth-order valence-electron chi connectivity index (χ4n) is 1.37. The summed E-state index contributed by atoms with van der Waals surface area (Å²) in [4.78, 5) is 7.72. The molecule has 0 radical (unpaired) electrons. The van der Waals surface area contributed by atoms with Crippen LogP contribution in [0.15, 0.2) is 18.6 Å². The van der Waals surface area contributed by atoms with Crippen molar-refractivity contribution < 1.29 is 8.42 Å². The summed E-state index contributed by atoms with van der Waals surface area (Å²) < 4.78 is 25.8. The summed E-state index contributed by atoms with van der Waals surface area (Å²) in [7, 11) is -3.22. The fourth-order valence-corrected chi connectivity index (χ4v) is 2.40. The summed E-state index contributed by atoms with van der Waals surface area (Å²) in [6, 6.07) is 1.69. The van der Waals surface area contributed by atoms with Crippen LogP contribution < -0.4 is 10.0 Å². The topological polar surface area (TPSA) is 84.0 Å². The Labute approximate surface area is 108 Å². The molecule has 0 unspecified atom stereocenters. The standard InChI is InChI=1S/C11H20N4O2S/c1-2-5-12-6-3-8-18(16,17)15-9-11-4-7-13-10-14-11/h4,7,10,12,15H,2-3,5-6,8-9H2,1H3. The van der Waals surface area contributed by atoms with Gasteiger partial charge in [-0.2, -0.15) is 0 Å². The molecule has 0 fully saturated rings. The molecular weight excluding hydrogens is 252 g/mol. The van der Waals surface area contributed by atoms with Gasteiger partial charge >= 0.3 is 0 Å². The highest BCUT2D eigenvalue weighted by molar-refractivity contribution is 7.89. The second-order valence-electron chi connectivity index (χ2n) is 3.94. The molecule has 18 heavy (non-hydrogen) atoms. The lowest BCUT2D eigenvalue weighted by atomic mass is 10.4. The van der Waals surface area contributed by atoms with Crippen LogP contribution in [-0.2, 0) is 16.6 Å². The van der Waals surface area contributed by atoms with E-state index in [4.69, 9.17) is 0 Å². The Hall–Kier alpha value is -1.05. The minimum atomic E-state index is -3.22.